The highest BCUT2D eigenvalue weighted by molar-refractivity contribution is 7.13. The molecule has 1 aliphatic rings. The summed E-state index contributed by atoms with van der Waals surface area (Å²) in [4.78, 5) is 20.1. The van der Waals surface area contributed by atoms with Crippen molar-refractivity contribution in [1.29, 1.82) is 0 Å². The fourth-order valence-corrected chi connectivity index (χ4v) is 5.49. The molecular formula is C28H32N4O2S. The molecule has 1 aliphatic heterocycles. The highest BCUT2D eigenvalue weighted by Gasteiger charge is 2.17. The Bertz CT molecular complexity index is 1320. The molecule has 0 saturated carbocycles. The number of nitrogens with one attached hydrogen (secondary N) is 1. The monoisotopic (exact) mass is 488 g/mol. The van der Waals surface area contributed by atoms with Crippen molar-refractivity contribution in [3.05, 3.63) is 70.9 Å². The zero-order valence-corrected chi connectivity index (χ0v) is 21.4. The van der Waals surface area contributed by atoms with Crippen LogP contribution in [-0.4, -0.2) is 33.6 Å². The predicted molar refractivity (Wildman–Crippen MR) is 143 cm³/mol. The Hall–Kier alpha value is -3.16. The summed E-state index contributed by atoms with van der Waals surface area (Å²) in [5.74, 6) is 0. The van der Waals surface area contributed by atoms with Gasteiger partial charge in [0.1, 0.15) is 11.1 Å². The van der Waals surface area contributed by atoms with E-state index in [1.54, 1.807) is 11.3 Å². The number of rotatable bonds is 7. The number of carbonyl (C=O) groups excluding carboxylic acids is 1. The molecule has 1 fully saturated rings. The maximum atomic E-state index is 12.8. The van der Waals surface area contributed by atoms with E-state index in [1.165, 1.54) is 18.4 Å². The number of fused-ring (bicyclic) bond motifs is 1. The molecule has 2 aromatic heterocycles. The first-order valence-electron chi connectivity index (χ1n) is 12.3. The van der Waals surface area contributed by atoms with Gasteiger partial charge in [-0.2, -0.15) is 0 Å². The molecule has 0 spiro atoms. The number of ether oxygens (including phenoxy) is 1. The van der Waals surface area contributed by atoms with Crippen LogP contribution in [0.1, 0.15) is 49.6 Å². The lowest BCUT2D eigenvalue weighted by Gasteiger charge is -2.14. The summed E-state index contributed by atoms with van der Waals surface area (Å²) in [6, 6.07) is 14.4. The van der Waals surface area contributed by atoms with Gasteiger partial charge >= 0.3 is 6.09 Å². The average Bonchev–Trinajstić information content (AvgIpc) is 3.60. The van der Waals surface area contributed by atoms with Crippen molar-refractivity contribution < 1.29 is 9.53 Å². The van der Waals surface area contributed by atoms with E-state index < -0.39 is 6.09 Å². The molecule has 0 radical (unpaired) electrons. The Morgan fingerprint density at radius 1 is 1.17 bits per heavy atom. The molecule has 1 amide bonds. The van der Waals surface area contributed by atoms with Gasteiger partial charge in [-0.25, -0.2) is 9.78 Å². The number of carbonyl (C=O) groups is 1. The van der Waals surface area contributed by atoms with Crippen molar-refractivity contribution >= 4 is 34.0 Å². The Balaban J connectivity index is 1.35. The van der Waals surface area contributed by atoms with Gasteiger partial charge in [0.05, 0.1) is 16.9 Å². The molecular weight excluding hydrogens is 456 g/mol. The van der Waals surface area contributed by atoms with Crippen LogP contribution in [0.5, 0.6) is 0 Å². The normalized spacial score (nSPS) is 14.9. The van der Waals surface area contributed by atoms with Gasteiger partial charge in [0.2, 0.25) is 0 Å². The van der Waals surface area contributed by atoms with Crippen molar-refractivity contribution in [3.8, 4) is 10.6 Å². The number of hydrogen-bond donors (Lipinski definition) is 1. The fourth-order valence-electron chi connectivity index (χ4n) is 4.68. The highest BCUT2D eigenvalue weighted by atomic mass is 32.1. The number of aromatic nitrogens is 2. The summed E-state index contributed by atoms with van der Waals surface area (Å²) in [7, 11) is 0. The second-order valence-corrected chi connectivity index (χ2v) is 10.1. The fraction of sp³-hybridized carbons (Fsp3) is 0.357. The lowest BCUT2D eigenvalue weighted by molar-refractivity contribution is 0.121. The minimum absolute atomic E-state index is 0.338. The van der Waals surface area contributed by atoms with E-state index in [0.717, 1.165) is 64.6 Å². The van der Waals surface area contributed by atoms with Crippen molar-refractivity contribution in [2.45, 2.75) is 52.8 Å². The number of likely N-dealkylation sites (tertiary alicyclic amines) is 1. The second-order valence-electron chi connectivity index (χ2n) is 9.27. The molecule has 5 rings (SSSR count). The number of anilines is 1. The van der Waals surface area contributed by atoms with Crippen molar-refractivity contribution in [2.24, 2.45) is 0 Å². The van der Waals surface area contributed by atoms with Crippen LogP contribution in [-0.2, 0) is 17.8 Å². The summed E-state index contributed by atoms with van der Waals surface area (Å²) in [5.41, 5.74) is 6.17. The van der Waals surface area contributed by atoms with E-state index in [4.69, 9.17) is 9.72 Å². The second kappa shape index (κ2) is 10.2. The molecule has 1 atom stereocenters. The largest absolute Gasteiger partial charge is 0.441 e. The van der Waals surface area contributed by atoms with Crippen molar-refractivity contribution in [3.63, 3.8) is 0 Å². The zero-order valence-electron chi connectivity index (χ0n) is 20.6. The summed E-state index contributed by atoms with van der Waals surface area (Å²) in [6.07, 6.45) is 3.75. The quantitative estimate of drug-likeness (QED) is 0.304. The molecule has 6 nitrogen and oxygen atoms in total. The zero-order chi connectivity index (χ0) is 24.4. The Kier molecular flexibility index (Phi) is 6.88. The number of amides is 1. The van der Waals surface area contributed by atoms with E-state index in [1.807, 2.05) is 44.3 Å². The Morgan fingerprint density at radius 2 is 1.94 bits per heavy atom. The first-order chi connectivity index (χ1) is 17.0. The predicted octanol–water partition coefficient (Wildman–Crippen LogP) is 7.00. The molecule has 7 heteroatoms. The lowest BCUT2D eigenvalue weighted by atomic mass is 10.1. The third kappa shape index (κ3) is 5.26. The molecule has 0 bridgehead atoms. The third-order valence-corrected chi connectivity index (χ3v) is 7.61. The summed E-state index contributed by atoms with van der Waals surface area (Å²) in [6.45, 7) is 10.1. The Labute approximate surface area is 210 Å². The van der Waals surface area contributed by atoms with E-state index in [2.05, 4.69) is 45.3 Å². The molecule has 3 heterocycles. The number of benzene rings is 2. The van der Waals surface area contributed by atoms with Crippen molar-refractivity contribution in [2.75, 3.05) is 18.4 Å². The van der Waals surface area contributed by atoms with Crippen molar-refractivity contribution in [1.82, 2.24) is 14.5 Å². The maximum Gasteiger partial charge on any atom is 0.412 e. The standard InChI is InChI=1S/C28H32N4O2S/c1-4-32-17-25(30-28(33)34-20(3)21-9-7-19(2)8-10-21)24-15-22(11-12-26(24)32)27-29-23(18-35-27)16-31-13-5-6-14-31/h7-12,15,17-18,20H,4-6,13-14,16H2,1-3H3,(H,30,33)/t20-/m1/s1. The summed E-state index contributed by atoms with van der Waals surface area (Å²) < 4.78 is 7.82. The van der Waals surface area contributed by atoms with Gasteiger partial charge in [-0.3, -0.25) is 10.2 Å². The summed E-state index contributed by atoms with van der Waals surface area (Å²) in [5, 5.41) is 7.14. The minimum Gasteiger partial charge on any atom is -0.441 e. The molecule has 2 aromatic carbocycles. The Morgan fingerprint density at radius 3 is 2.69 bits per heavy atom. The van der Waals surface area contributed by atoms with Crippen LogP contribution in [0, 0.1) is 6.92 Å². The first-order valence-corrected chi connectivity index (χ1v) is 13.2. The van der Waals surface area contributed by atoms with Crippen LogP contribution in [0.2, 0.25) is 0 Å². The minimum atomic E-state index is -0.458. The molecule has 1 saturated heterocycles. The number of hydrogen-bond acceptors (Lipinski definition) is 5. The van der Waals surface area contributed by atoms with Crippen LogP contribution < -0.4 is 5.32 Å². The SMILES string of the molecule is CCn1cc(NC(=O)O[C@H](C)c2ccc(C)cc2)c2cc(-c3nc(CN4CCCC4)cs3)ccc21. The first kappa shape index (κ1) is 23.6. The van der Waals surface area contributed by atoms with Crippen LogP contribution >= 0.6 is 11.3 Å². The molecule has 35 heavy (non-hydrogen) atoms. The van der Waals surface area contributed by atoms with Gasteiger partial charge in [-0.15, -0.1) is 11.3 Å². The molecule has 0 aliphatic carbocycles. The van der Waals surface area contributed by atoms with Gasteiger partial charge in [0.25, 0.3) is 0 Å². The van der Waals surface area contributed by atoms with Crippen LogP contribution in [0.3, 0.4) is 0 Å². The number of thiazole rings is 1. The molecule has 182 valence electrons. The molecule has 0 unspecified atom stereocenters. The van der Waals surface area contributed by atoms with E-state index in [0.29, 0.717) is 0 Å². The highest BCUT2D eigenvalue weighted by Crippen LogP contribution is 2.33. The summed E-state index contributed by atoms with van der Waals surface area (Å²) >= 11 is 1.68. The van der Waals surface area contributed by atoms with Gasteiger partial charge in [0, 0.05) is 35.6 Å². The lowest BCUT2D eigenvalue weighted by Crippen LogP contribution is -2.18. The molecule has 1 N–H and O–H groups in total. The smallest absolute Gasteiger partial charge is 0.412 e. The average molecular weight is 489 g/mol. The van der Waals surface area contributed by atoms with Crippen LogP contribution in [0.15, 0.2) is 54.0 Å². The molecule has 4 aromatic rings. The van der Waals surface area contributed by atoms with Crippen LogP contribution in [0.4, 0.5) is 10.5 Å². The van der Waals surface area contributed by atoms with Gasteiger partial charge < -0.3 is 9.30 Å². The maximum absolute atomic E-state index is 12.8. The number of nitrogens with zero attached hydrogens (tertiary/aromatic N) is 3. The van der Waals surface area contributed by atoms with Gasteiger partial charge in [-0.05, 0) is 70.5 Å². The topological polar surface area (TPSA) is 59.4 Å². The van der Waals surface area contributed by atoms with E-state index >= 15 is 0 Å². The van der Waals surface area contributed by atoms with E-state index in [-0.39, 0.29) is 6.10 Å². The van der Waals surface area contributed by atoms with Gasteiger partial charge in [0.15, 0.2) is 0 Å². The van der Waals surface area contributed by atoms with E-state index in [9.17, 15) is 4.79 Å². The number of aryl methyl sites for hydroxylation is 2. The van der Waals surface area contributed by atoms with Gasteiger partial charge in [-0.1, -0.05) is 29.8 Å². The third-order valence-electron chi connectivity index (χ3n) is 6.67. The van der Waals surface area contributed by atoms with Crippen LogP contribution in [0.25, 0.3) is 21.5 Å².